The summed E-state index contributed by atoms with van der Waals surface area (Å²) in [5.74, 6) is -0.0982. The largest absolute Gasteiger partial charge is 0.384 e. The van der Waals surface area contributed by atoms with Gasteiger partial charge in [0.2, 0.25) is 0 Å². The summed E-state index contributed by atoms with van der Waals surface area (Å²) in [5, 5.41) is 10.2. The van der Waals surface area contributed by atoms with Crippen LogP contribution in [0.5, 0.6) is 0 Å². The second-order valence-corrected chi connectivity index (χ2v) is 7.43. The van der Waals surface area contributed by atoms with E-state index in [0.29, 0.717) is 5.56 Å². The number of carbonyl (C=O) groups excluding carboxylic acids is 1. The van der Waals surface area contributed by atoms with E-state index in [-0.39, 0.29) is 25.6 Å². The van der Waals surface area contributed by atoms with Crippen molar-refractivity contribution >= 4 is 16.9 Å². The van der Waals surface area contributed by atoms with Crippen LogP contribution in [0, 0.1) is 13.8 Å². The summed E-state index contributed by atoms with van der Waals surface area (Å²) in [5.41, 5.74) is 4.81. The monoisotopic (exact) mass is 365 g/mol. The highest BCUT2D eigenvalue weighted by Gasteiger charge is 2.43. The van der Waals surface area contributed by atoms with Crippen LogP contribution >= 0.6 is 0 Å². The van der Waals surface area contributed by atoms with E-state index in [2.05, 4.69) is 37.0 Å². The first kappa shape index (κ1) is 17.7. The molecule has 0 aliphatic carbocycles. The molecule has 1 saturated heterocycles. The number of hydrogen-bond acceptors (Lipinski definition) is 4. The Hall–Kier alpha value is -2.70. The van der Waals surface area contributed by atoms with E-state index in [9.17, 15) is 9.90 Å². The average Bonchev–Trinajstić information content (AvgIpc) is 3.04. The first-order valence-corrected chi connectivity index (χ1v) is 8.95. The molecule has 1 N–H and O–H groups in total. The zero-order valence-electron chi connectivity index (χ0n) is 15.8. The number of nitrogens with zero attached hydrogens (tertiary/aromatic N) is 3. The highest BCUT2D eigenvalue weighted by Crippen LogP contribution is 2.26. The number of benzene rings is 2. The minimum absolute atomic E-state index is 0.0982. The van der Waals surface area contributed by atoms with E-state index in [1.807, 2.05) is 22.8 Å². The predicted molar refractivity (Wildman–Crippen MR) is 103 cm³/mol. The first-order chi connectivity index (χ1) is 12.9. The van der Waals surface area contributed by atoms with Gasteiger partial charge in [0.05, 0.1) is 36.4 Å². The van der Waals surface area contributed by atoms with Crippen LogP contribution in [-0.4, -0.2) is 57.9 Å². The van der Waals surface area contributed by atoms with Crippen molar-refractivity contribution in [2.75, 3.05) is 26.8 Å². The Morgan fingerprint density at radius 2 is 2.00 bits per heavy atom. The number of amides is 1. The molecule has 140 valence electrons. The standard InChI is InChI=1S/C21H23N3O3/c1-14-4-5-15(2)19(8-14)24-13-22-17-9-16(6-7-18(17)24)20(25)23-10-21(26,11-23)12-27-3/h4-9,13,26H,10-12H2,1-3H3. The van der Waals surface area contributed by atoms with Crippen LogP contribution < -0.4 is 0 Å². The summed E-state index contributed by atoms with van der Waals surface area (Å²) in [6, 6.07) is 11.9. The van der Waals surface area contributed by atoms with E-state index < -0.39 is 5.60 Å². The fourth-order valence-electron chi connectivity index (χ4n) is 3.67. The lowest BCUT2D eigenvalue weighted by Crippen LogP contribution is -2.65. The van der Waals surface area contributed by atoms with Crippen molar-refractivity contribution in [3.63, 3.8) is 0 Å². The maximum absolute atomic E-state index is 12.7. The Morgan fingerprint density at radius 3 is 2.74 bits per heavy atom. The molecule has 0 bridgehead atoms. The highest BCUT2D eigenvalue weighted by atomic mass is 16.5. The number of β-amino-alcohol motifs (C(OH)–C–C–N with tert-alkyl or cyclic N) is 1. The zero-order chi connectivity index (χ0) is 19.2. The molecular formula is C21H23N3O3. The van der Waals surface area contributed by atoms with Crippen molar-refractivity contribution < 1.29 is 14.6 Å². The number of carbonyl (C=O) groups is 1. The Labute approximate surface area is 158 Å². The molecule has 1 aliphatic heterocycles. The molecule has 0 spiro atoms. The van der Waals surface area contributed by atoms with Crippen LogP contribution in [-0.2, 0) is 4.74 Å². The lowest BCUT2D eigenvalue weighted by atomic mass is 9.94. The normalized spacial score (nSPS) is 15.8. The minimum atomic E-state index is -0.932. The van der Waals surface area contributed by atoms with E-state index in [0.717, 1.165) is 22.3 Å². The molecule has 1 aliphatic rings. The van der Waals surface area contributed by atoms with Gasteiger partial charge >= 0.3 is 0 Å². The van der Waals surface area contributed by atoms with Crippen molar-refractivity contribution in [1.29, 1.82) is 0 Å². The Balaban J connectivity index is 1.61. The molecule has 6 heteroatoms. The van der Waals surface area contributed by atoms with Gasteiger partial charge < -0.3 is 14.7 Å². The fourth-order valence-corrected chi connectivity index (χ4v) is 3.67. The number of hydrogen-bond donors (Lipinski definition) is 1. The van der Waals surface area contributed by atoms with E-state index >= 15 is 0 Å². The number of aliphatic hydroxyl groups is 1. The van der Waals surface area contributed by atoms with Crippen LogP contribution in [0.3, 0.4) is 0 Å². The number of imidazole rings is 1. The number of aromatic nitrogens is 2. The minimum Gasteiger partial charge on any atom is -0.384 e. The third kappa shape index (κ3) is 3.11. The maximum Gasteiger partial charge on any atom is 0.254 e. The van der Waals surface area contributed by atoms with Crippen LogP contribution in [0.25, 0.3) is 16.7 Å². The number of fused-ring (bicyclic) bond motifs is 1. The summed E-state index contributed by atoms with van der Waals surface area (Å²) in [7, 11) is 1.54. The molecule has 0 unspecified atom stereocenters. The third-order valence-electron chi connectivity index (χ3n) is 5.09. The Morgan fingerprint density at radius 1 is 1.22 bits per heavy atom. The van der Waals surface area contributed by atoms with Gasteiger partial charge in [-0.15, -0.1) is 0 Å². The predicted octanol–water partition coefficient (Wildman–Crippen LogP) is 2.48. The van der Waals surface area contributed by atoms with E-state index in [1.54, 1.807) is 18.3 Å². The molecule has 0 atom stereocenters. The quantitative estimate of drug-likeness (QED) is 0.771. The Bertz CT molecular complexity index is 1020. The van der Waals surface area contributed by atoms with Crippen LogP contribution in [0.4, 0.5) is 0 Å². The zero-order valence-corrected chi connectivity index (χ0v) is 15.8. The van der Waals surface area contributed by atoms with E-state index in [4.69, 9.17) is 4.74 Å². The fraction of sp³-hybridized carbons (Fsp3) is 0.333. The maximum atomic E-state index is 12.7. The molecule has 1 amide bonds. The molecular weight excluding hydrogens is 342 g/mol. The average molecular weight is 365 g/mol. The topological polar surface area (TPSA) is 67.6 Å². The molecule has 4 rings (SSSR count). The second-order valence-electron chi connectivity index (χ2n) is 7.43. The molecule has 3 aromatic rings. The van der Waals surface area contributed by atoms with Gasteiger partial charge in [0.1, 0.15) is 11.9 Å². The molecule has 1 fully saturated rings. The van der Waals surface area contributed by atoms with Crippen LogP contribution in [0.2, 0.25) is 0 Å². The third-order valence-corrected chi connectivity index (χ3v) is 5.09. The van der Waals surface area contributed by atoms with Gasteiger partial charge in [-0.25, -0.2) is 4.98 Å². The van der Waals surface area contributed by atoms with Crippen LogP contribution in [0.15, 0.2) is 42.7 Å². The lowest BCUT2D eigenvalue weighted by molar-refractivity contribution is -0.117. The molecule has 2 heterocycles. The highest BCUT2D eigenvalue weighted by molar-refractivity contribution is 5.98. The van der Waals surface area contributed by atoms with Crippen molar-refractivity contribution in [2.45, 2.75) is 19.4 Å². The summed E-state index contributed by atoms with van der Waals surface area (Å²) in [6.07, 6.45) is 1.79. The van der Waals surface area contributed by atoms with Gasteiger partial charge in [0.25, 0.3) is 5.91 Å². The van der Waals surface area contributed by atoms with Crippen molar-refractivity contribution in [1.82, 2.24) is 14.5 Å². The summed E-state index contributed by atoms with van der Waals surface area (Å²) >= 11 is 0. The first-order valence-electron chi connectivity index (χ1n) is 8.95. The number of aryl methyl sites for hydroxylation is 2. The summed E-state index contributed by atoms with van der Waals surface area (Å²) in [4.78, 5) is 18.8. The summed E-state index contributed by atoms with van der Waals surface area (Å²) in [6.45, 7) is 4.94. The van der Waals surface area contributed by atoms with Crippen molar-refractivity contribution in [3.8, 4) is 5.69 Å². The molecule has 1 aromatic heterocycles. The van der Waals surface area contributed by atoms with Crippen LogP contribution in [0.1, 0.15) is 21.5 Å². The number of ether oxygens (including phenoxy) is 1. The smallest absolute Gasteiger partial charge is 0.254 e. The summed E-state index contributed by atoms with van der Waals surface area (Å²) < 4.78 is 7.05. The Kier molecular flexibility index (Phi) is 4.25. The second kappa shape index (κ2) is 6.48. The number of rotatable bonds is 4. The molecule has 0 saturated carbocycles. The van der Waals surface area contributed by atoms with Gasteiger partial charge in [0.15, 0.2) is 0 Å². The molecule has 2 aromatic carbocycles. The number of methoxy groups -OCH3 is 1. The van der Waals surface area contributed by atoms with Crippen molar-refractivity contribution in [2.24, 2.45) is 0 Å². The van der Waals surface area contributed by atoms with Crippen molar-refractivity contribution in [3.05, 3.63) is 59.4 Å². The van der Waals surface area contributed by atoms with Gasteiger partial charge in [-0.3, -0.25) is 9.36 Å². The van der Waals surface area contributed by atoms with Gasteiger partial charge in [-0.05, 0) is 49.2 Å². The molecule has 27 heavy (non-hydrogen) atoms. The van der Waals surface area contributed by atoms with E-state index in [1.165, 1.54) is 5.56 Å². The lowest BCUT2D eigenvalue weighted by Gasteiger charge is -2.45. The van der Waals surface area contributed by atoms with Gasteiger partial charge in [0, 0.05) is 12.7 Å². The number of likely N-dealkylation sites (tertiary alicyclic amines) is 1. The SMILES string of the molecule is COCC1(O)CN(C(=O)c2ccc3c(c2)ncn3-c2cc(C)ccc2C)C1. The molecule has 6 nitrogen and oxygen atoms in total. The molecule has 0 radical (unpaired) electrons. The van der Waals surface area contributed by atoms with Gasteiger partial charge in [-0.2, -0.15) is 0 Å². The van der Waals surface area contributed by atoms with Gasteiger partial charge in [-0.1, -0.05) is 12.1 Å².